The summed E-state index contributed by atoms with van der Waals surface area (Å²) in [5.41, 5.74) is -0.403. The molecule has 0 aromatic heterocycles. The predicted octanol–water partition coefficient (Wildman–Crippen LogP) is -0.0497. The molecule has 0 radical (unpaired) electrons. The monoisotopic (exact) mass is 298 g/mol. The number of nitrogens with one attached hydrogen (secondary N) is 3. The van der Waals surface area contributed by atoms with Gasteiger partial charge in [0.2, 0.25) is 11.8 Å². The lowest BCUT2D eigenvalue weighted by Gasteiger charge is -2.27. The van der Waals surface area contributed by atoms with Crippen molar-refractivity contribution in [2.24, 2.45) is 5.41 Å². The van der Waals surface area contributed by atoms with E-state index in [0.717, 1.165) is 39.1 Å². The molecule has 0 bridgehead atoms. The van der Waals surface area contributed by atoms with Crippen LogP contribution in [0.15, 0.2) is 0 Å². The summed E-state index contributed by atoms with van der Waals surface area (Å²) >= 11 is 0. The summed E-state index contributed by atoms with van der Waals surface area (Å²) in [6.45, 7) is 12.0. The zero-order chi connectivity index (χ0) is 15.7. The SMILES string of the molecule is CC(C)(C)C(=O)NCCC(=O)NCCCN1CCNCC1. The topological polar surface area (TPSA) is 73.5 Å². The van der Waals surface area contributed by atoms with Gasteiger partial charge in [0.15, 0.2) is 0 Å². The molecule has 1 saturated heterocycles. The first-order valence-corrected chi connectivity index (χ1v) is 7.87. The van der Waals surface area contributed by atoms with Gasteiger partial charge in [-0.3, -0.25) is 9.59 Å². The first-order chi connectivity index (χ1) is 9.89. The van der Waals surface area contributed by atoms with Gasteiger partial charge in [-0.05, 0) is 13.0 Å². The standard InChI is InChI=1S/C15H30N4O2/c1-15(2,3)14(21)18-7-5-13(20)17-6-4-10-19-11-8-16-9-12-19/h16H,4-12H2,1-3H3,(H,17,20)(H,18,21). The van der Waals surface area contributed by atoms with E-state index in [4.69, 9.17) is 0 Å². The van der Waals surface area contributed by atoms with Crippen molar-refractivity contribution in [3.8, 4) is 0 Å². The molecule has 1 heterocycles. The lowest BCUT2D eigenvalue weighted by atomic mass is 9.96. The van der Waals surface area contributed by atoms with Crippen LogP contribution in [-0.2, 0) is 9.59 Å². The maximum Gasteiger partial charge on any atom is 0.225 e. The van der Waals surface area contributed by atoms with Gasteiger partial charge < -0.3 is 20.9 Å². The molecule has 0 aliphatic carbocycles. The molecule has 1 rings (SSSR count). The van der Waals surface area contributed by atoms with Crippen molar-refractivity contribution in [2.45, 2.75) is 33.6 Å². The van der Waals surface area contributed by atoms with E-state index in [9.17, 15) is 9.59 Å². The molecule has 0 spiro atoms. The van der Waals surface area contributed by atoms with Gasteiger partial charge in [0.05, 0.1) is 0 Å². The van der Waals surface area contributed by atoms with E-state index in [1.54, 1.807) is 0 Å². The zero-order valence-corrected chi connectivity index (χ0v) is 13.6. The Hall–Kier alpha value is -1.14. The Balaban J connectivity index is 2.00. The molecule has 0 saturated carbocycles. The number of carbonyl (C=O) groups excluding carboxylic acids is 2. The molecule has 0 aromatic carbocycles. The Morgan fingerprint density at radius 1 is 1.10 bits per heavy atom. The van der Waals surface area contributed by atoms with Crippen LogP contribution in [0.25, 0.3) is 0 Å². The Morgan fingerprint density at radius 3 is 2.38 bits per heavy atom. The first kappa shape index (κ1) is 17.9. The third kappa shape index (κ3) is 8.02. The fraction of sp³-hybridized carbons (Fsp3) is 0.867. The van der Waals surface area contributed by atoms with Crippen LogP contribution in [-0.4, -0.2) is 62.5 Å². The molecule has 1 fully saturated rings. The highest BCUT2D eigenvalue weighted by molar-refractivity contribution is 5.82. The minimum Gasteiger partial charge on any atom is -0.356 e. The molecule has 6 heteroatoms. The summed E-state index contributed by atoms with van der Waals surface area (Å²) in [5, 5.41) is 9.00. The van der Waals surface area contributed by atoms with Crippen molar-refractivity contribution >= 4 is 11.8 Å². The molecule has 3 N–H and O–H groups in total. The third-order valence-electron chi connectivity index (χ3n) is 3.50. The van der Waals surface area contributed by atoms with Crippen LogP contribution >= 0.6 is 0 Å². The summed E-state index contributed by atoms with van der Waals surface area (Å²) in [5.74, 6) is -0.0153. The van der Waals surface area contributed by atoms with Crippen molar-refractivity contribution in [3.05, 3.63) is 0 Å². The minimum atomic E-state index is -0.403. The fourth-order valence-corrected chi connectivity index (χ4v) is 2.11. The van der Waals surface area contributed by atoms with E-state index in [1.807, 2.05) is 20.8 Å². The third-order valence-corrected chi connectivity index (χ3v) is 3.50. The molecule has 6 nitrogen and oxygen atoms in total. The maximum absolute atomic E-state index is 11.6. The van der Waals surface area contributed by atoms with Crippen molar-refractivity contribution in [2.75, 3.05) is 45.8 Å². The van der Waals surface area contributed by atoms with Crippen molar-refractivity contribution in [1.82, 2.24) is 20.9 Å². The highest BCUT2D eigenvalue weighted by Crippen LogP contribution is 2.11. The Labute approximate surface area is 128 Å². The molecule has 122 valence electrons. The van der Waals surface area contributed by atoms with Gasteiger partial charge >= 0.3 is 0 Å². The number of amides is 2. The smallest absolute Gasteiger partial charge is 0.225 e. The van der Waals surface area contributed by atoms with Gasteiger partial charge in [-0.1, -0.05) is 20.8 Å². The van der Waals surface area contributed by atoms with E-state index in [-0.39, 0.29) is 11.8 Å². The summed E-state index contributed by atoms with van der Waals surface area (Å²) in [4.78, 5) is 25.7. The summed E-state index contributed by atoms with van der Waals surface area (Å²) in [7, 11) is 0. The summed E-state index contributed by atoms with van der Waals surface area (Å²) in [6, 6.07) is 0. The highest BCUT2D eigenvalue weighted by atomic mass is 16.2. The van der Waals surface area contributed by atoms with Gasteiger partial charge in [0.25, 0.3) is 0 Å². The lowest BCUT2D eigenvalue weighted by Crippen LogP contribution is -2.44. The molecular formula is C15H30N4O2. The van der Waals surface area contributed by atoms with Crippen LogP contribution in [0.2, 0.25) is 0 Å². The summed E-state index contributed by atoms with van der Waals surface area (Å²) in [6.07, 6.45) is 1.32. The van der Waals surface area contributed by atoms with E-state index >= 15 is 0 Å². The number of hydrogen-bond donors (Lipinski definition) is 3. The minimum absolute atomic E-state index is 0.00419. The van der Waals surface area contributed by atoms with Gasteiger partial charge in [-0.15, -0.1) is 0 Å². The van der Waals surface area contributed by atoms with Crippen molar-refractivity contribution in [1.29, 1.82) is 0 Å². The van der Waals surface area contributed by atoms with E-state index < -0.39 is 5.41 Å². The molecule has 1 aliphatic rings. The highest BCUT2D eigenvalue weighted by Gasteiger charge is 2.20. The number of nitrogens with zero attached hydrogens (tertiary/aromatic N) is 1. The fourth-order valence-electron chi connectivity index (χ4n) is 2.11. The van der Waals surface area contributed by atoms with Gasteiger partial charge in [0.1, 0.15) is 0 Å². The van der Waals surface area contributed by atoms with Crippen LogP contribution in [0.5, 0.6) is 0 Å². The van der Waals surface area contributed by atoms with E-state index in [0.29, 0.717) is 19.5 Å². The van der Waals surface area contributed by atoms with Crippen LogP contribution in [0.4, 0.5) is 0 Å². The average molecular weight is 298 g/mol. The quantitative estimate of drug-likeness (QED) is 0.576. The molecule has 0 atom stereocenters. The predicted molar refractivity (Wildman–Crippen MR) is 84.0 cm³/mol. The van der Waals surface area contributed by atoms with Gasteiger partial charge in [0, 0.05) is 51.1 Å². The Bertz CT molecular complexity index is 333. The molecule has 0 unspecified atom stereocenters. The van der Waals surface area contributed by atoms with Crippen LogP contribution < -0.4 is 16.0 Å². The largest absolute Gasteiger partial charge is 0.356 e. The van der Waals surface area contributed by atoms with Crippen molar-refractivity contribution < 1.29 is 9.59 Å². The number of carbonyl (C=O) groups is 2. The molecular weight excluding hydrogens is 268 g/mol. The average Bonchev–Trinajstić information content (AvgIpc) is 2.43. The van der Waals surface area contributed by atoms with E-state index in [1.165, 1.54) is 0 Å². The van der Waals surface area contributed by atoms with Crippen LogP contribution in [0.3, 0.4) is 0 Å². The molecule has 0 aromatic rings. The van der Waals surface area contributed by atoms with Crippen LogP contribution in [0, 0.1) is 5.41 Å². The normalized spacial score (nSPS) is 16.5. The lowest BCUT2D eigenvalue weighted by molar-refractivity contribution is -0.128. The van der Waals surface area contributed by atoms with Gasteiger partial charge in [-0.25, -0.2) is 0 Å². The zero-order valence-electron chi connectivity index (χ0n) is 13.6. The molecule has 21 heavy (non-hydrogen) atoms. The second-order valence-corrected chi connectivity index (χ2v) is 6.55. The number of hydrogen-bond acceptors (Lipinski definition) is 4. The molecule has 2 amide bonds. The van der Waals surface area contributed by atoms with E-state index in [2.05, 4.69) is 20.9 Å². The summed E-state index contributed by atoms with van der Waals surface area (Å²) < 4.78 is 0. The Morgan fingerprint density at radius 2 is 1.76 bits per heavy atom. The first-order valence-electron chi connectivity index (χ1n) is 7.87. The van der Waals surface area contributed by atoms with Crippen molar-refractivity contribution in [3.63, 3.8) is 0 Å². The second kappa shape index (κ2) is 9.00. The van der Waals surface area contributed by atoms with Crippen LogP contribution in [0.1, 0.15) is 33.6 Å². The molecule has 1 aliphatic heterocycles. The number of piperazine rings is 1. The Kier molecular flexibility index (Phi) is 7.67. The number of rotatable bonds is 7. The van der Waals surface area contributed by atoms with Gasteiger partial charge in [-0.2, -0.15) is 0 Å². The second-order valence-electron chi connectivity index (χ2n) is 6.55. The maximum atomic E-state index is 11.6.